The van der Waals surface area contributed by atoms with Gasteiger partial charge in [0.1, 0.15) is 5.60 Å². The lowest BCUT2D eigenvalue weighted by atomic mass is 9.87. The summed E-state index contributed by atoms with van der Waals surface area (Å²) in [5.41, 5.74) is -0.555. The van der Waals surface area contributed by atoms with Crippen LogP contribution in [-0.4, -0.2) is 46.7 Å². The highest BCUT2D eigenvalue weighted by Crippen LogP contribution is 2.35. The minimum absolute atomic E-state index is 0.121. The summed E-state index contributed by atoms with van der Waals surface area (Å²) >= 11 is 3.65. The van der Waals surface area contributed by atoms with Crippen molar-refractivity contribution in [2.24, 2.45) is 5.92 Å². The Labute approximate surface area is 149 Å². The molecule has 0 aromatic rings. The van der Waals surface area contributed by atoms with Gasteiger partial charge in [-0.25, -0.2) is 4.79 Å². The van der Waals surface area contributed by atoms with E-state index in [9.17, 15) is 4.79 Å². The summed E-state index contributed by atoms with van der Waals surface area (Å²) in [6, 6.07) is 0. The molecule has 0 atom stereocenters. The summed E-state index contributed by atoms with van der Waals surface area (Å²) in [4.78, 5) is 14.0. The van der Waals surface area contributed by atoms with Gasteiger partial charge in [-0.1, -0.05) is 22.9 Å². The van der Waals surface area contributed by atoms with Crippen LogP contribution in [0.2, 0.25) is 0 Å². The molecule has 0 aromatic heterocycles. The van der Waals surface area contributed by atoms with Gasteiger partial charge in [0.2, 0.25) is 0 Å². The average molecular weight is 390 g/mol. The van der Waals surface area contributed by atoms with Crippen LogP contribution in [0.25, 0.3) is 0 Å². The Kier molecular flexibility index (Phi) is 6.40. The third kappa shape index (κ3) is 5.63. The van der Waals surface area contributed by atoms with Gasteiger partial charge in [-0.05, 0) is 65.2 Å². The summed E-state index contributed by atoms with van der Waals surface area (Å²) in [5.74, 6) is 0.837. The van der Waals surface area contributed by atoms with Crippen molar-refractivity contribution in [3.63, 3.8) is 0 Å². The Morgan fingerprint density at radius 3 is 2.22 bits per heavy atom. The normalized spacial score (nSPS) is 28.5. The molecule has 0 bridgehead atoms. The Balaban J connectivity index is 1.85. The maximum Gasteiger partial charge on any atom is 0.410 e. The topological polar surface area (TPSA) is 38.8 Å². The molecule has 0 N–H and O–H groups in total. The van der Waals surface area contributed by atoms with Gasteiger partial charge in [0.15, 0.2) is 0 Å². The molecular formula is C18H32BrNO3. The van der Waals surface area contributed by atoms with Crippen LogP contribution in [0, 0.1) is 5.92 Å². The molecule has 1 aliphatic heterocycles. The second-order valence-electron chi connectivity index (χ2n) is 8.28. The van der Waals surface area contributed by atoms with Crippen molar-refractivity contribution >= 4 is 22.0 Å². The highest BCUT2D eigenvalue weighted by molar-refractivity contribution is 9.09. The molecule has 0 unspecified atom stereocenters. The van der Waals surface area contributed by atoms with Gasteiger partial charge >= 0.3 is 6.09 Å². The Morgan fingerprint density at radius 2 is 1.74 bits per heavy atom. The molecule has 1 heterocycles. The van der Waals surface area contributed by atoms with Crippen molar-refractivity contribution in [2.75, 3.05) is 18.4 Å². The summed E-state index contributed by atoms with van der Waals surface area (Å²) < 4.78 is 12.0. The molecule has 1 amide bonds. The fourth-order valence-electron chi connectivity index (χ4n) is 3.41. The van der Waals surface area contributed by atoms with E-state index in [1.165, 1.54) is 25.7 Å². The van der Waals surface area contributed by atoms with E-state index in [-0.39, 0.29) is 11.7 Å². The first kappa shape index (κ1) is 19.0. The number of carbonyl (C=O) groups excluding carboxylic acids is 1. The fraction of sp³-hybridized carbons (Fsp3) is 0.944. The number of hydrogen-bond donors (Lipinski definition) is 0. The van der Waals surface area contributed by atoms with E-state index < -0.39 is 5.60 Å². The van der Waals surface area contributed by atoms with Gasteiger partial charge in [-0.2, -0.15) is 0 Å². The molecule has 134 valence electrons. The zero-order chi connectivity index (χ0) is 17.1. The molecule has 2 fully saturated rings. The molecule has 1 aliphatic carbocycles. The quantitative estimate of drug-likeness (QED) is 0.653. The first-order valence-corrected chi connectivity index (χ1v) is 10.1. The van der Waals surface area contributed by atoms with E-state index in [2.05, 4.69) is 22.9 Å². The largest absolute Gasteiger partial charge is 0.444 e. The second-order valence-corrected chi connectivity index (χ2v) is 8.84. The Hall–Kier alpha value is -0.290. The minimum atomic E-state index is -0.434. The van der Waals surface area contributed by atoms with E-state index in [0.29, 0.717) is 19.2 Å². The number of ether oxygens (including phenoxy) is 2. The van der Waals surface area contributed by atoms with Crippen LogP contribution >= 0.6 is 15.9 Å². The van der Waals surface area contributed by atoms with Crippen LogP contribution < -0.4 is 0 Å². The summed E-state index contributed by atoms with van der Waals surface area (Å²) in [5, 5.41) is 0.841. The predicted octanol–water partition coefficient (Wildman–Crippen LogP) is 4.75. The molecular weight excluding hydrogens is 358 g/mol. The van der Waals surface area contributed by atoms with Crippen molar-refractivity contribution in [3.8, 4) is 0 Å². The van der Waals surface area contributed by atoms with Crippen LogP contribution in [0.15, 0.2) is 0 Å². The lowest BCUT2D eigenvalue weighted by Gasteiger charge is -2.43. The molecule has 0 aromatic carbocycles. The van der Waals surface area contributed by atoms with Crippen LogP contribution in [0.4, 0.5) is 4.79 Å². The lowest BCUT2D eigenvalue weighted by molar-refractivity contribution is -0.120. The number of carbonyl (C=O) groups is 1. The molecule has 4 nitrogen and oxygen atoms in total. The fourth-order valence-corrected chi connectivity index (χ4v) is 4.10. The molecule has 0 spiro atoms. The first-order valence-electron chi connectivity index (χ1n) is 8.95. The highest BCUT2D eigenvalue weighted by Gasteiger charge is 2.39. The smallest absolute Gasteiger partial charge is 0.410 e. The van der Waals surface area contributed by atoms with Crippen molar-refractivity contribution in [2.45, 2.75) is 83.5 Å². The van der Waals surface area contributed by atoms with E-state index in [0.717, 1.165) is 24.1 Å². The second kappa shape index (κ2) is 7.73. The monoisotopic (exact) mass is 389 g/mol. The van der Waals surface area contributed by atoms with Crippen molar-refractivity contribution in [1.82, 2.24) is 4.90 Å². The van der Waals surface area contributed by atoms with Gasteiger partial charge in [0, 0.05) is 18.4 Å². The molecule has 23 heavy (non-hydrogen) atoms. The molecule has 0 radical (unpaired) electrons. The third-order valence-electron chi connectivity index (χ3n) is 4.95. The van der Waals surface area contributed by atoms with E-state index in [4.69, 9.17) is 9.47 Å². The number of likely N-dealkylation sites (tertiary alicyclic amines) is 1. The number of hydrogen-bond acceptors (Lipinski definition) is 3. The number of amides is 1. The molecule has 5 heteroatoms. The summed E-state index contributed by atoms with van der Waals surface area (Å²) in [6.07, 6.45) is 6.83. The average Bonchev–Trinajstić information content (AvgIpc) is 2.48. The predicted molar refractivity (Wildman–Crippen MR) is 96.1 cm³/mol. The van der Waals surface area contributed by atoms with E-state index in [1.54, 1.807) is 0 Å². The maximum absolute atomic E-state index is 12.2. The van der Waals surface area contributed by atoms with E-state index >= 15 is 0 Å². The number of nitrogens with zero attached hydrogens (tertiary/aromatic N) is 1. The first-order chi connectivity index (χ1) is 10.7. The van der Waals surface area contributed by atoms with Crippen LogP contribution in [0.5, 0.6) is 0 Å². The Morgan fingerprint density at radius 1 is 1.17 bits per heavy atom. The molecule has 1 saturated heterocycles. The van der Waals surface area contributed by atoms with Gasteiger partial charge < -0.3 is 14.4 Å². The number of rotatable bonds is 3. The number of halogens is 1. The zero-order valence-electron chi connectivity index (χ0n) is 15.1. The minimum Gasteiger partial charge on any atom is -0.444 e. The SMILES string of the molecule is CC1CCC(OC2(CBr)CCN(C(=O)OC(C)(C)C)CC2)CC1. The van der Waals surface area contributed by atoms with Crippen molar-refractivity contribution in [1.29, 1.82) is 0 Å². The van der Waals surface area contributed by atoms with Crippen molar-refractivity contribution < 1.29 is 14.3 Å². The van der Waals surface area contributed by atoms with Gasteiger partial charge in [-0.15, -0.1) is 0 Å². The molecule has 2 aliphatic rings. The third-order valence-corrected chi connectivity index (χ3v) is 5.97. The Bertz CT molecular complexity index is 392. The summed E-state index contributed by atoms with van der Waals surface area (Å²) in [6.45, 7) is 9.48. The molecule has 2 rings (SSSR count). The van der Waals surface area contributed by atoms with Crippen LogP contribution in [0.1, 0.15) is 66.2 Å². The van der Waals surface area contributed by atoms with Gasteiger partial charge in [-0.3, -0.25) is 0 Å². The van der Waals surface area contributed by atoms with Crippen LogP contribution in [0.3, 0.4) is 0 Å². The van der Waals surface area contributed by atoms with Crippen molar-refractivity contribution in [3.05, 3.63) is 0 Å². The molecule has 1 saturated carbocycles. The standard InChI is InChI=1S/C18H32BrNO3/c1-14-5-7-15(8-6-14)22-18(13-19)9-11-20(12-10-18)16(21)23-17(2,3)4/h14-15H,5-13H2,1-4H3. The number of alkyl halides is 1. The number of piperidine rings is 1. The van der Waals surface area contributed by atoms with Crippen LogP contribution in [-0.2, 0) is 9.47 Å². The maximum atomic E-state index is 12.2. The summed E-state index contributed by atoms with van der Waals surface area (Å²) in [7, 11) is 0. The van der Waals surface area contributed by atoms with Gasteiger partial charge in [0.25, 0.3) is 0 Å². The van der Waals surface area contributed by atoms with Gasteiger partial charge in [0.05, 0.1) is 11.7 Å². The zero-order valence-corrected chi connectivity index (χ0v) is 16.7. The highest BCUT2D eigenvalue weighted by atomic mass is 79.9. The van der Waals surface area contributed by atoms with E-state index in [1.807, 2.05) is 25.7 Å². The lowest BCUT2D eigenvalue weighted by Crippen LogP contribution is -2.51.